The Labute approximate surface area is 61.0 Å². The molecule has 0 aromatic heterocycles. The Kier molecular flexibility index (Phi) is 2.66. The van der Waals surface area contributed by atoms with Crippen molar-refractivity contribution in [2.45, 2.75) is 18.9 Å². The van der Waals surface area contributed by atoms with Crippen molar-refractivity contribution < 1.29 is 5.11 Å². The van der Waals surface area contributed by atoms with Crippen molar-refractivity contribution >= 4 is 0 Å². The van der Waals surface area contributed by atoms with Crippen LogP contribution in [-0.4, -0.2) is 17.8 Å². The maximum atomic E-state index is 8.69. The number of rotatable bonds is 2. The normalized spacial score (nSPS) is 20.4. The van der Waals surface area contributed by atoms with Crippen molar-refractivity contribution in [3.05, 3.63) is 23.8 Å². The van der Waals surface area contributed by atoms with Crippen molar-refractivity contribution in [2.75, 3.05) is 6.61 Å². The van der Waals surface area contributed by atoms with E-state index in [-0.39, 0.29) is 12.6 Å². The summed E-state index contributed by atoms with van der Waals surface area (Å²) in [4.78, 5) is 0. The second-order valence-electron chi connectivity index (χ2n) is 2.47. The lowest BCUT2D eigenvalue weighted by Crippen LogP contribution is -2.26. The van der Waals surface area contributed by atoms with Gasteiger partial charge in [0, 0.05) is 0 Å². The molecule has 2 nitrogen and oxygen atoms in total. The van der Waals surface area contributed by atoms with Crippen LogP contribution in [0, 0.1) is 0 Å². The Morgan fingerprint density at radius 1 is 1.60 bits per heavy atom. The molecule has 0 bridgehead atoms. The molecule has 0 saturated heterocycles. The summed E-state index contributed by atoms with van der Waals surface area (Å²) in [5.41, 5.74) is 6.64. The fourth-order valence-electron chi connectivity index (χ4n) is 1.01. The number of nitrogens with two attached hydrogens (primary N) is 1. The molecular weight excluding hydrogens is 126 g/mol. The fourth-order valence-corrected chi connectivity index (χ4v) is 1.01. The van der Waals surface area contributed by atoms with Crippen molar-refractivity contribution in [3.63, 3.8) is 0 Å². The highest BCUT2D eigenvalue weighted by molar-refractivity contribution is 5.26. The predicted octanol–water partition coefficient (Wildman–Crippen LogP) is 0.582. The lowest BCUT2D eigenvalue weighted by Gasteiger charge is -2.11. The third kappa shape index (κ3) is 1.69. The molecule has 3 N–H and O–H groups in total. The largest absolute Gasteiger partial charge is 0.394 e. The molecule has 0 aliphatic heterocycles. The molecule has 0 unspecified atom stereocenters. The van der Waals surface area contributed by atoms with Gasteiger partial charge in [-0.2, -0.15) is 0 Å². The zero-order valence-corrected chi connectivity index (χ0v) is 5.96. The summed E-state index contributed by atoms with van der Waals surface area (Å²) in [6, 6.07) is -0.184. The zero-order chi connectivity index (χ0) is 7.40. The van der Waals surface area contributed by atoms with Gasteiger partial charge in [0.05, 0.1) is 12.6 Å². The second-order valence-corrected chi connectivity index (χ2v) is 2.47. The number of allylic oxidation sites excluding steroid dienone is 2. The summed E-state index contributed by atoms with van der Waals surface area (Å²) >= 11 is 0. The van der Waals surface area contributed by atoms with Gasteiger partial charge in [-0.25, -0.2) is 0 Å². The molecule has 2 heteroatoms. The first kappa shape index (κ1) is 7.51. The Bertz CT molecular complexity index is 161. The van der Waals surface area contributed by atoms with Crippen molar-refractivity contribution in [1.29, 1.82) is 0 Å². The van der Waals surface area contributed by atoms with Gasteiger partial charge in [-0.1, -0.05) is 18.2 Å². The minimum Gasteiger partial charge on any atom is -0.394 e. The van der Waals surface area contributed by atoms with Gasteiger partial charge in [0.15, 0.2) is 0 Å². The van der Waals surface area contributed by atoms with Gasteiger partial charge in [-0.05, 0) is 18.4 Å². The van der Waals surface area contributed by atoms with E-state index in [1.165, 1.54) is 0 Å². The zero-order valence-electron chi connectivity index (χ0n) is 5.96. The molecule has 0 spiro atoms. The Morgan fingerprint density at radius 2 is 2.40 bits per heavy atom. The van der Waals surface area contributed by atoms with Crippen LogP contribution in [0.5, 0.6) is 0 Å². The van der Waals surface area contributed by atoms with Gasteiger partial charge < -0.3 is 10.8 Å². The molecule has 0 saturated carbocycles. The molecular formula is C8H13NO. The summed E-state index contributed by atoms with van der Waals surface area (Å²) in [5, 5.41) is 8.69. The van der Waals surface area contributed by atoms with E-state index in [4.69, 9.17) is 10.8 Å². The van der Waals surface area contributed by atoms with E-state index in [1.54, 1.807) is 0 Å². The highest BCUT2D eigenvalue weighted by Crippen LogP contribution is 2.11. The number of aliphatic hydroxyl groups excluding tert-OH is 1. The smallest absolute Gasteiger partial charge is 0.0624 e. The van der Waals surface area contributed by atoms with Crippen molar-refractivity contribution in [2.24, 2.45) is 5.73 Å². The van der Waals surface area contributed by atoms with Gasteiger partial charge >= 0.3 is 0 Å². The monoisotopic (exact) mass is 139 g/mol. The Balaban J connectivity index is 2.54. The summed E-state index contributed by atoms with van der Waals surface area (Å²) < 4.78 is 0. The van der Waals surface area contributed by atoms with Crippen LogP contribution in [0.3, 0.4) is 0 Å². The first-order chi connectivity index (χ1) is 4.84. The van der Waals surface area contributed by atoms with E-state index in [0.29, 0.717) is 0 Å². The summed E-state index contributed by atoms with van der Waals surface area (Å²) in [6.07, 6.45) is 8.32. The molecule has 0 aromatic rings. The molecule has 0 radical (unpaired) electrons. The standard InChI is InChI=1S/C8H13NO/c9-8(6-10)7-4-2-1-3-5-7/h2,4-5,8,10H,1,3,6,9H2/t8-/m0/s1. The molecule has 10 heavy (non-hydrogen) atoms. The van der Waals surface area contributed by atoms with Crippen LogP contribution in [0.25, 0.3) is 0 Å². The van der Waals surface area contributed by atoms with Crippen LogP contribution < -0.4 is 5.73 Å². The molecule has 0 aromatic carbocycles. The predicted molar refractivity (Wildman–Crippen MR) is 41.5 cm³/mol. The van der Waals surface area contributed by atoms with Gasteiger partial charge in [0.25, 0.3) is 0 Å². The molecule has 0 amide bonds. The quantitative estimate of drug-likeness (QED) is 0.588. The van der Waals surface area contributed by atoms with Crippen LogP contribution in [0.1, 0.15) is 12.8 Å². The van der Waals surface area contributed by atoms with E-state index in [2.05, 4.69) is 12.2 Å². The lowest BCUT2D eigenvalue weighted by atomic mass is 10.0. The van der Waals surface area contributed by atoms with Crippen molar-refractivity contribution in [3.8, 4) is 0 Å². The maximum absolute atomic E-state index is 8.69. The van der Waals surface area contributed by atoms with E-state index in [9.17, 15) is 0 Å². The molecule has 1 aliphatic rings. The van der Waals surface area contributed by atoms with Gasteiger partial charge in [-0.15, -0.1) is 0 Å². The minimum absolute atomic E-state index is 0.0379. The third-order valence-electron chi connectivity index (χ3n) is 1.65. The minimum atomic E-state index is -0.184. The van der Waals surface area contributed by atoms with E-state index < -0.39 is 0 Å². The highest BCUT2D eigenvalue weighted by Gasteiger charge is 2.05. The van der Waals surface area contributed by atoms with Crippen LogP contribution in [0.15, 0.2) is 23.8 Å². The maximum Gasteiger partial charge on any atom is 0.0624 e. The topological polar surface area (TPSA) is 46.2 Å². The Hall–Kier alpha value is -0.600. The van der Waals surface area contributed by atoms with Crippen LogP contribution >= 0.6 is 0 Å². The van der Waals surface area contributed by atoms with E-state index in [0.717, 1.165) is 18.4 Å². The van der Waals surface area contributed by atoms with Gasteiger partial charge in [0.2, 0.25) is 0 Å². The van der Waals surface area contributed by atoms with Crippen LogP contribution in [-0.2, 0) is 0 Å². The molecule has 0 fully saturated rings. The highest BCUT2D eigenvalue weighted by atomic mass is 16.3. The van der Waals surface area contributed by atoms with Crippen LogP contribution in [0.4, 0.5) is 0 Å². The molecule has 56 valence electrons. The van der Waals surface area contributed by atoms with Crippen molar-refractivity contribution in [1.82, 2.24) is 0 Å². The number of hydrogen-bond donors (Lipinski definition) is 2. The molecule has 1 atom stereocenters. The fraction of sp³-hybridized carbons (Fsp3) is 0.500. The lowest BCUT2D eigenvalue weighted by molar-refractivity contribution is 0.280. The van der Waals surface area contributed by atoms with E-state index in [1.807, 2.05) is 6.08 Å². The summed E-state index contributed by atoms with van der Waals surface area (Å²) in [7, 11) is 0. The first-order valence-electron chi connectivity index (χ1n) is 3.57. The first-order valence-corrected chi connectivity index (χ1v) is 3.57. The summed E-state index contributed by atoms with van der Waals surface area (Å²) in [5.74, 6) is 0. The average molecular weight is 139 g/mol. The SMILES string of the molecule is N[C@@H](CO)C1=CCCC=C1. The number of hydrogen-bond acceptors (Lipinski definition) is 2. The molecule has 0 heterocycles. The second kappa shape index (κ2) is 3.54. The van der Waals surface area contributed by atoms with E-state index >= 15 is 0 Å². The molecule has 1 aliphatic carbocycles. The average Bonchev–Trinajstić information content (AvgIpc) is 2.05. The van der Waals surface area contributed by atoms with Gasteiger partial charge in [-0.3, -0.25) is 0 Å². The van der Waals surface area contributed by atoms with Crippen LogP contribution in [0.2, 0.25) is 0 Å². The third-order valence-corrected chi connectivity index (χ3v) is 1.65. The molecule has 1 rings (SSSR count). The summed E-state index contributed by atoms with van der Waals surface area (Å²) in [6.45, 7) is 0.0379. The Morgan fingerprint density at radius 3 is 2.90 bits per heavy atom. The number of aliphatic hydroxyl groups is 1. The van der Waals surface area contributed by atoms with Gasteiger partial charge in [0.1, 0.15) is 0 Å².